The summed E-state index contributed by atoms with van der Waals surface area (Å²) < 4.78 is 1.56. The molecule has 0 unspecified atom stereocenters. The van der Waals surface area contributed by atoms with Gasteiger partial charge < -0.3 is 16.0 Å². The molecular formula is C24H27Cl2N5O2S. The molecule has 3 N–H and O–H groups in total. The summed E-state index contributed by atoms with van der Waals surface area (Å²) in [7, 11) is 0. The SMILES string of the molecule is CC[C@H]1C[C@@H](C(=O)NCc2cc3c(s2)CNC3)n2c1c(Cl)nc(NCc1ccccc1)c2=O.Cl. The maximum atomic E-state index is 13.4. The number of amides is 1. The number of thiophene rings is 1. The van der Waals surface area contributed by atoms with Crippen LogP contribution in [-0.4, -0.2) is 15.5 Å². The Labute approximate surface area is 213 Å². The highest BCUT2D eigenvalue weighted by atomic mass is 35.5. The van der Waals surface area contributed by atoms with Crippen LogP contribution in [0.4, 0.5) is 5.82 Å². The highest BCUT2D eigenvalue weighted by Gasteiger charge is 2.38. The molecule has 2 aliphatic rings. The monoisotopic (exact) mass is 519 g/mol. The second-order valence-corrected chi connectivity index (χ2v) is 10.1. The number of benzene rings is 1. The van der Waals surface area contributed by atoms with Gasteiger partial charge in [-0.15, -0.1) is 23.7 Å². The minimum Gasteiger partial charge on any atom is -0.361 e. The number of aromatic nitrogens is 2. The molecule has 180 valence electrons. The Bertz CT molecular complexity index is 1220. The molecule has 2 aromatic heterocycles. The fourth-order valence-corrected chi connectivity index (χ4v) is 6.11. The van der Waals surface area contributed by atoms with Crippen molar-refractivity contribution in [3.63, 3.8) is 0 Å². The first-order valence-electron chi connectivity index (χ1n) is 11.2. The molecule has 5 rings (SSSR count). The lowest BCUT2D eigenvalue weighted by Crippen LogP contribution is -2.36. The van der Waals surface area contributed by atoms with Crippen molar-refractivity contribution in [2.75, 3.05) is 5.32 Å². The van der Waals surface area contributed by atoms with Gasteiger partial charge in [0.1, 0.15) is 6.04 Å². The van der Waals surface area contributed by atoms with Crippen LogP contribution in [0.2, 0.25) is 5.15 Å². The molecule has 1 aromatic carbocycles. The average molecular weight is 520 g/mol. The first-order chi connectivity index (χ1) is 16.0. The number of hydrogen-bond donors (Lipinski definition) is 3. The van der Waals surface area contributed by atoms with Crippen molar-refractivity contribution in [3.05, 3.63) is 78.5 Å². The van der Waals surface area contributed by atoms with Gasteiger partial charge >= 0.3 is 0 Å². The van der Waals surface area contributed by atoms with Gasteiger partial charge in [-0.2, -0.15) is 0 Å². The number of hydrogen-bond acceptors (Lipinski definition) is 6. The minimum absolute atomic E-state index is 0. The third-order valence-corrected chi connectivity index (χ3v) is 7.85. The normalized spacial score (nSPS) is 18.2. The fraction of sp³-hybridized carbons (Fsp3) is 0.375. The van der Waals surface area contributed by atoms with Crippen molar-refractivity contribution < 1.29 is 4.79 Å². The summed E-state index contributed by atoms with van der Waals surface area (Å²) in [4.78, 5) is 33.4. The largest absolute Gasteiger partial charge is 0.361 e. The van der Waals surface area contributed by atoms with Gasteiger partial charge in [0.2, 0.25) is 5.91 Å². The van der Waals surface area contributed by atoms with E-state index in [0.29, 0.717) is 25.2 Å². The van der Waals surface area contributed by atoms with E-state index in [0.717, 1.165) is 30.0 Å². The van der Waals surface area contributed by atoms with E-state index in [1.165, 1.54) is 10.4 Å². The van der Waals surface area contributed by atoms with Gasteiger partial charge in [-0.3, -0.25) is 14.2 Å². The van der Waals surface area contributed by atoms with Crippen molar-refractivity contribution in [1.82, 2.24) is 20.2 Å². The quantitative estimate of drug-likeness (QED) is 0.431. The Morgan fingerprint density at radius 3 is 2.79 bits per heavy atom. The number of anilines is 1. The van der Waals surface area contributed by atoms with E-state index in [4.69, 9.17) is 11.6 Å². The molecule has 0 bridgehead atoms. The molecule has 0 saturated heterocycles. The molecule has 2 atom stereocenters. The second kappa shape index (κ2) is 10.5. The lowest BCUT2D eigenvalue weighted by atomic mass is 9.99. The maximum Gasteiger partial charge on any atom is 0.294 e. The Morgan fingerprint density at radius 2 is 2.06 bits per heavy atom. The number of rotatable bonds is 7. The summed E-state index contributed by atoms with van der Waals surface area (Å²) in [5.74, 6) is 0.0369. The van der Waals surface area contributed by atoms with E-state index in [2.05, 4.69) is 27.0 Å². The van der Waals surface area contributed by atoms with Gasteiger partial charge in [-0.1, -0.05) is 48.9 Å². The summed E-state index contributed by atoms with van der Waals surface area (Å²) in [5.41, 5.74) is 2.70. The Kier molecular flexibility index (Phi) is 7.62. The van der Waals surface area contributed by atoms with Gasteiger partial charge in [-0.05, 0) is 30.0 Å². The van der Waals surface area contributed by atoms with Crippen LogP contribution in [0.3, 0.4) is 0 Å². The number of fused-ring (bicyclic) bond motifs is 2. The molecule has 2 aliphatic heterocycles. The van der Waals surface area contributed by atoms with Crippen molar-refractivity contribution >= 4 is 47.1 Å². The topological polar surface area (TPSA) is 88.1 Å². The number of halogens is 2. The number of carbonyl (C=O) groups is 1. The van der Waals surface area contributed by atoms with E-state index >= 15 is 0 Å². The predicted molar refractivity (Wildman–Crippen MR) is 138 cm³/mol. The zero-order valence-corrected chi connectivity index (χ0v) is 21.2. The fourth-order valence-electron chi connectivity index (χ4n) is 4.69. The van der Waals surface area contributed by atoms with Crippen molar-refractivity contribution in [2.24, 2.45) is 0 Å². The highest BCUT2D eigenvalue weighted by molar-refractivity contribution is 7.12. The first kappa shape index (κ1) is 24.7. The van der Waals surface area contributed by atoms with Crippen LogP contribution < -0.4 is 21.5 Å². The van der Waals surface area contributed by atoms with Crippen molar-refractivity contribution in [1.29, 1.82) is 0 Å². The van der Waals surface area contributed by atoms with Crippen LogP contribution in [0.15, 0.2) is 41.2 Å². The van der Waals surface area contributed by atoms with Crippen molar-refractivity contribution in [2.45, 2.75) is 57.9 Å². The summed E-state index contributed by atoms with van der Waals surface area (Å²) >= 11 is 8.26. The zero-order chi connectivity index (χ0) is 22.9. The molecule has 0 saturated carbocycles. The highest BCUT2D eigenvalue weighted by Crippen LogP contribution is 2.40. The average Bonchev–Trinajstić information content (AvgIpc) is 3.53. The molecule has 0 aliphatic carbocycles. The maximum absolute atomic E-state index is 13.4. The Balaban J connectivity index is 0.00000274. The molecule has 10 heteroatoms. The van der Waals surface area contributed by atoms with Crippen LogP contribution in [-0.2, 0) is 31.0 Å². The molecule has 0 fully saturated rings. The van der Waals surface area contributed by atoms with E-state index in [1.807, 2.05) is 37.3 Å². The van der Waals surface area contributed by atoms with Crippen LogP contribution >= 0.6 is 35.3 Å². The third-order valence-electron chi connectivity index (χ3n) is 6.39. The minimum atomic E-state index is -0.594. The van der Waals surface area contributed by atoms with Crippen molar-refractivity contribution in [3.8, 4) is 0 Å². The van der Waals surface area contributed by atoms with Gasteiger partial charge in [0.25, 0.3) is 5.56 Å². The van der Waals surface area contributed by atoms with Crippen LogP contribution in [0.5, 0.6) is 0 Å². The standard InChI is InChI=1S/C24H26ClN5O2S.ClH/c1-2-15-9-18(23(31)28-12-17-8-16-11-26-13-19(16)33-17)30-20(15)21(25)29-22(24(30)32)27-10-14-6-4-3-5-7-14;/h3-8,15,18,26H,2,9-13H2,1H3,(H,27,29)(H,28,31);1H/t15-,18-;/m0./s1. The second-order valence-electron chi connectivity index (χ2n) is 8.49. The Morgan fingerprint density at radius 1 is 1.26 bits per heavy atom. The molecule has 0 spiro atoms. The van der Waals surface area contributed by atoms with E-state index in [-0.39, 0.29) is 40.8 Å². The number of nitrogens with zero attached hydrogens (tertiary/aromatic N) is 2. The molecular weight excluding hydrogens is 493 g/mol. The van der Waals surface area contributed by atoms with Gasteiger partial charge in [0, 0.05) is 35.3 Å². The molecule has 34 heavy (non-hydrogen) atoms. The third kappa shape index (κ3) is 4.73. The molecule has 4 heterocycles. The van der Waals surface area contributed by atoms with Gasteiger partial charge in [-0.25, -0.2) is 4.98 Å². The van der Waals surface area contributed by atoms with Crippen LogP contribution in [0.1, 0.15) is 58.3 Å². The molecule has 7 nitrogen and oxygen atoms in total. The summed E-state index contributed by atoms with van der Waals surface area (Å²) in [5, 5.41) is 9.77. The summed E-state index contributed by atoms with van der Waals surface area (Å²) in [6.45, 7) is 4.73. The van der Waals surface area contributed by atoms with E-state index < -0.39 is 6.04 Å². The van der Waals surface area contributed by atoms with Crippen LogP contribution in [0, 0.1) is 0 Å². The van der Waals surface area contributed by atoms with Gasteiger partial charge in [0.15, 0.2) is 11.0 Å². The van der Waals surface area contributed by atoms with E-state index in [1.54, 1.807) is 15.9 Å². The summed E-state index contributed by atoms with van der Waals surface area (Å²) in [6.07, 6.45) is 1.33. The Hall–Kier alpha value is -2.39. The first-order valence-corrected chi connectivity index (χ1v) is 12.4. The molecule has 3 aromatic rings. The van der Waals surface area contributed by atoms with Gasteiger partial charge in [0.05, 0.1) is 12.2 Å². The number of carbonyl (C=O) groups excluding carboxylic acids is 1. The lowest BCUT2D eigenvalue weighted by Gasteiger charge is -2.16. The van der Waals surface area contributed by atoms with E-state index in [9.17, 15) is 9.59 Å². The number of nitrogens with one attached hydrogen (secondary N) is 3. The summed E-state index contributed by atoms with van der Waals surface area (Å²) in [6, 6.07) is 11.3. The zero-order valence-electron chi connectivity index (χ0n) is 18.8. The molecule has 0 radical (unpaired) electrons. The lowest BCUT2D eigenvalue weighted by molar-refractivity contribution is -0.124. The smallest absolute Gasteiger partial charge is 0.294 e. The molecule has 1 amide bonds. The van der Waals surface area contributed by atoms with Crippen LogP contribution in [0.25, 0.3) is 0 Å². The predicted octanol–water partition coefficient (Wildman–Crippen LogP) is 4.35.